The number of aliphatic imine (C=N–C) groups is 1. The molecular formula is C30H37FN8O. The van der Waals surface area contributed by atoms with Crippen molar-refractivity contribution in [2.45, 2.75) is 57.3 Å². The number of piperidine rings is 2. The number of carbonyl (C=O) groups excluding carboxylic acids is 1. The molecule has 3 aromatic heterocycles. The normalized spacial score (nSPS) is 24.1. The lowest BCUT2D eigenvalue weighted by atomic mass is 9.88. The van der Waals surface area contributed by atoms with Crippen molar-refractivity contribution in [2.75, 3.05) is 32.7 Å². The molecule has 2 atom stereocenters. The topological polar surface area (TPSA) is 106 Å². The Labute approximate surface area is 234 Å². The Balaban J connectivity index is 1.10. The summed E-state index contributed by atoms with van der Waals surface area (Å²) in [5.74, 6) is 1.27. The van der Waals surface area contributed by atoms with Crippen LogP contribution >= 0.6 is 0 Å². The molecule has 40 heavy (non-hydrogen) atoms. The minimum Gasteiger partial charge on any atom is -0.384 e. The first-order chi connectivity index (χ1) is 19.3. The van der Waals surface area contributed by atoms with E-state index in [1.54, 1.807) is 17.3 Å². The summed E-state index contributed by atoms with van der Waals surface area (Å²) in [7, 11) is 0. The van der Waals surface area contributed by atoms with Crippen molar-refractivity contribution < 1.29 is 9.18 Å². The number of halogens is 1. The molecule has 3 aromatic rings. The number of amides is 1. The molecule has 10 heteroatoms. The predicted octanol–water partition coefficient (Wildman–Crippen LogP) is 3.78. The van der Waals surface area contributed by atoms with Gasteiger partial charge in [-0.1, -0.05) is 13.0 Å². The van der Waals surface area contributed by atoms with Crippen LogP contribution in [0.1, 0.15) is 45.6 Å². The van der Waals surface area contributed by atoms with Gasteiger partial charge in [0.15, 0.2) is 17.1 Å². The van der Waals surface area contributed by atoms with E-state index in [9.17, 15) is 4.79 Å². The van der Waals surface area contributed by atoms with Crippen LogP contribution in [0.15, 0.2) is 59.4 Å². The number of fused-ring (bicyclic) bond motifs is 1. The summed E-state index contributed by atoms with van der Waals surface area (Å²) in [6, 6.07) is 9.86. The largest absolute Gasteiger partial charge is 0.384 e. The Hall–Kier alpha value is -3.66. The lowest BCUT2D eigenvalue weighted by molar-refractivity contribution is -0.148. The second kappa shape index (κ2) is 10.7. The zero-order valence-electron chi connectivity index (χ0n) is 23.2. The van der Waals surface area contributed by atoms with Gasteiger partial charge in [0.2, 0.25) is 0 Å². The van der Waals surface area contributed by atoms with Gasteiger partial charge in [-0.3, -0.25) is 19.7 Å². The van der Waals surface area contributed by atoms with Crippen LogP contribution in [0.5, 0.6) is 0 Å². The molecular weight excluding hydrogens is 507 g/mol. The van der Waals surface area contributed by atoms with Crippen molar-refractivity contribution >= 4 is 22.9 Å². The molecule has 0 aromatic carbocycles. The highest BCUT2D eigenvalue weighted by Crippen LogP contribution is 2.35. The number of dihydropyridines is 1. The van der Waals surface area contributed by atoms with Gasteiger partial charge < -0.3 is 15.2 Å². The molecule has 0 saturated carbocycles. The van der Waals surface area contributed by atoms with E-state index < -0.39 is 5.67 Å². The van der Waals surface area contributed by atoms with Crippen molar-refractivity contribution in [3.8, 4) is 11.5 Å². The van der Waals surface area contributed by atoms with E-state index in [1.165, 1.54) is 5.57 Å². The number of rotatable bonds is 5. The SMILES string of the molecule is CC1N=C(N)C=C(CN2CCC(F)(C(=O)N3CCC(n4c(-c5ccccn5)nc5cccnc54)CC3)CC2)C1C. The van der Waals surface area contributed by atoms with Gasteiger partial charge in [-0.25, -0.2) is 14.4 Å². The van der Waals surface area contributed by atoms with E-state index in [-0.39, 0.29) is 30.8 Å². The lowest BCUT2D eigenvalue weighted by Crippen LogP contribution is -2.54. The average Bonchev–Trinajstić information content (AvgIpc) is 3.37. The maximum absolute atomic E-state index is 16.1. The molecule has 6 heterocycles. The number of alkyl halides is 1. The Kier molecular flexibility index (Phi) is 7.12. The molecule has 2 fully saturated rings. The summed E-state index contributed by atoms with van der Waals surface area (Å²) < 4.78 is 18.2. The van der Waals surface area contributed by atoms with Gasteiger partial charge in [-0.15, -0.1) is 0 Å². The van der Waals surface area contributed by atoms with Gasteiger partial charge in [0, 0.05) is 69.9 Å². The molecule has 2 unspecified atom stereocenters. The van der Waals surface area contributed by atoms with Gasteiger partial charge in [-0.2, -0.15) is 0 Å². The molecule has 9 nitrogen and oxygen atoms in total. The number of nitrogens with two attached hydrogens (primary N) is 1. The molecule has 3 aliphatic heterocycles. The Morgan fingerprint density at radius 3 is 2.52 bits per heavy atom. The zero-order valence-corrected chi connectivity index (χ0v) is 23.2. The summed E-state index contributed by atoms with van der Waals surface area (Å²) in [6.45, 7) is 7.08. The van der Waals surface area contributed by atoms with Crippen LogP contribution in [0, 0.1) is 5.92 Å². The monoisotopic (exact) mass is 544 g/mol. The molecule has 2 N–H and O–H groups in total. The van der Waals surface area contributed by atoms with Crippen LogP contribution in [-0.4, -0.2) is 85.5 Å². The van der Waals surface area contributed by atoms with Crippen molar-refractivity contribution in [2.24, 2.45) is 16.6 Å². The first-order valence-corrected chi connectivity index (χ1v) is 14.3. The standard InChI is InChI=1S/C30H37FN8O/c1-20-21(2)35-26(32)18-22(20)19-37-16-10-30(31,11-17-37)29(40)38-14-8-23(9-15-38)39-27-25(7-5-13-34-27)36-28(39)24-6-3-4-12-33-24/h3-7,12-13,18,20-21,23H,8-11,14-17,19H2,1-2H3,(H2,32,35). The van der Waals surface area contributed by atoms with E-state index in [4.69, 9.17) is 10.7 Å². The molecule has 3 aliphatic rings. The number of aromatic nitrogens is 4. The van der Waals surface area contributed by atoms with Crippen molar-refractivity contribution in [3.05, 3.63) is 54.4 Å². The molecule has 6 rings (SSSR count). The zero-order chi connectivity index (χ0) is 27.9. The van der Waals surface area contributed by atoms with Gasteiger partial charge in [0.1, 0.15) is 17.0 Å². The average molecular weight is 545 g/mol. The highest BCUT2D eigenvalue weighted by Gasteiger charge is 2.45. The summed E-state index contributed by atoms with van der Waals surface area (Å²) in [4.78, 5) is 35.8. The molecule has 0 radical (unpaired) electrons. The number of hydrogen-bond acceptors (Lipinski definition) is 7. The summed E-state index contributed by atoms with van der Waals surface area (Å²) in [5, 5.41) is 0. The van der Waals surface area contributed by atoms with E-state index in [0.717, 1.165) is 29.2 Å². The summed E-state index contributed by atoms with van der Waals surface area (Å²) >= 11 is 0. The maximum atomic E-state index is 16.1. The molecule has 2 saturated heterocycles. The third-order valence-electron chi connectivity index (χ3n) is 8.89. The Morgan fingerprint density at radius 2 is 1.80 bits per heavy atom. The van der Waals surface area contributed by atoms with Crippen LogP contribution in [-0.2, 0) is 4.79 Å². The Bertz CT molecular complexity index is 1430. The van der Waals surface area contributed by atoms with Crippen molar-refractivity contribution in [3.63, 3.8) is 0 Å². The quantitative estimate of drug-likeness (QED) is 0.524. The van der Waals surface area contributed by atoms with Gasteiger partial charge in [-0.05, 0) is 55.7 Å². The first-order valence-electron chi connectivity index (χ1n) is 14.3. The van der Waals surface area contributed by atoms with Crippen molar-refractivity contribution in [1.82, 2.24) is 29.3 Å². The van der Waals surface area contributed by atoms with Crippen LogP contribution in [0.25, 0.3) is 22.7 Å². The molecule has 1 amide bonds. The minimum absolute atomic E-state index is 0.0995. The molecule has 210 valence electrons. The van der Waals surface area contributed by atoms with Gasteiger partial charge in [0.25, 0.3) is 5.91 Å². The van der Waals surface area contributed by atoms with Crippen LogP contribution in [0.4, 0.5) is 4.39 Å². The lowest BCUT2D eigenvalue weighted by Gasteiger charge is -2.41. The number of nitrogens with zero attached hydrogens (tertiary/aromatic N) is 7. The number of carbonyl (C=O) groups is 1. The molecule has 0 spiro atoms. The predicted molar refractivity (Wildman–Crippen MR) is 153 cm³/mol. The maximum Gasteiger partial charge on any atom is 0.260 e. The van der Waals surface area contributed by atoms with E-state index >= 15 is 4.39 Å². The van der Waals surface area contributed by atoms with Crippen LogP contribution in [0.3, 0.4) is 0 Å². The second-order valence-corrected chi connectivity index (χ2v) is 11.4. The molecule has 0 bridgehead atoms. The van der Waals surface area contributed by atoms with Crippen LogP contribution < -0.4 is 5.73 Å². The fourth-order valence-corrected chi connectivity index (χ4v) is 6.30. The number of imidazole rings is 1. The number of likely N-dealkylation sites (tertiary alicyclic amines) is 2. The first kappa shape index (κ1) is 26.6. The fourth-order valence-electron chi connectivity index (χ4n) is 6.30. The smallest absolute Gasteiger partial charge is 0.260 e. The van der Waals surface area contributed by atoms with Crippen LogP contribution in [0.2, 0.25) is 0 Å². The number of pyridine rings is 2. The minimum atomic E-state index is -1.81. The van der Waals surface area contributed by atoms with E-state index in [2.05, 4.69) is 38.3 Å². The fraction of sp³-hybridized carbons (Fsp3) is 0.500. The third-order valence-corrected chi connectivity index (χ3v) is 8.89. The van der Waals surface area contributed by atoms with Gasteiger partial charge >= 0.3 is 0 Å². The third kappa shape index (κ3) is 5.00. The van der Waals surface area contributed by atoms with E-state index in [0.29, 0.717) is 50.8 Å². The summed E-state index contributed by atoms with van der Waals surface area (Å²) in [6.07, 6.45) is 7.34. The summed E-state index contributed by atoms with van der Waals surface area (Å²) in [5.41, 5.74) is 7.82. The number of hydrogen-bond donors (Lipinski definition) is 1. The number of amidine groups is 1. The highest BCUT2D eigenvalue weighted by atomic mass is 19.1. The second-order valence-electron chi connectivity index (χ2n) is 11.4. The van der Waals surface area contributed by atoms with Gasteiger partial charge in [0.05, 0.1) is 6.04 Å². The van der Waals surface area contributed by atoms with Crippen molar-refractivity contribution in [1.29, 1.82) is 0 Å². The molecule has 0 aliphatic carbocycles. The van der Waals surface area contributed by atoms with E-state index in [1.807, 2.05) is 36.4 Å². The highest BCUT2D eigenvalue weighted by molar-refractivity contribution is 5.93. The Morgan fingerprint density at radius 1 is 1.05 bits per heavy atom.